The molecule has 0 aliphatic rings. The molecule has 1 aromatic carbocycles. The van der Waals surface area contributed by atoms with E-state index in [4.69, 9.17) is 0 Å². The lowest BCUT2D eigenvalue weighted by Gasteiger charge is -2.12. The molecule has 0 amide bonds. The summed E-state index contributed by atoms with van der Waals surface area (Å²) in [7, 11) is -1.15. The Bertz CT molecular complexity index is 953. The number of hydrogen-bond acceptors (Lipinski definition) is 2. The molecule has 7 heteroatoms. The molecule has 0 fully saturated rings. The molecule has 0 aliphatic heterocycles. The summed E-state index contributed by atoms with van der Waals surface area (Å²) in [5.74, 6) is -3.13. The fraction of sp³-hybridized carbons (Fsp3) is 0.278. The number of pyridine rings is 1. The lowest BCUT2D eigenvalue weighted by Crippen LogP contribution is -2.16. The summed E-state index contributed by atoms with van der Waals surface area (Å²) in [6.07, 6.45) is 1.16. The third-order valence-electron chi connectivity index (χ3n) is 4.11. The van der Waals surface area contributed by atoms with Crippen molar-refractivity contribution in [2.45, 2.75) is 24.7 Å². The molecule has 2 aromatic heterocycles. The highest BCUT2D eigenvalue weighted by molar-refractivity contribution is 7.85. The van der Waals surface area contributed by atoms with Crippen LogP contribution in [-0.4, -0.2) is 26.0 Å². The second-order valence-corrected chi connectivity index (χ2v) is 7.36. The normalized spacial score (nSPS) is 13.3. The molecule has 2 heterocycles. The van der Waals surface area contributed by atoms with Gasteiger partial charge in [0.2, 0.25) is 0 Å². The summed E-state index contributed by atoms with van der Waals surface area (Å²) in [6.45, 7) is 1.82. The van der Waals surface area contributed by atoms with Crippen molar-refractivity contribution in [3.8, 4) is 11.1 Å². The Balaban J connectivity index is 2.20. The maximum atomic E-state index is 13.6. The Labute approximate surface area is 146 Å². The second-order valence-electron chi connectivity index (χ2n) is 5.66. The number of halogens is 3. The molecule has 3 rings (SSSR count). The average molecular weight is 366 g/mol. The van der Waals surface area contributed by atoms with E-state index in [2.05, 4.69) is 4.98 Å². The SMILES string of the molecule is CCS(=O)c1ccccc1-c1ccc2nc(C(F)(F)CF)cn2c1C. The number of aromatic nitrogens is 2. The molecule has 0 saturated heterocycles. The molecule has 3 nitrogen and oxygen atoms in total. The number of nitrogens with zero attached hydrogens (tertiary/aromatic N) is 2. The smallest absolute Gasteiger partial charge is 0.303 e. The monoisotopic (exact) mass is 366 g/mol. The summed E-state index contributed by atoms with van der Waals surface area (Å²) >= 11 is 0. The molecule has 132 valence electrons. The molecule has 1 atom stereocenters. The van der Waals surface area contributed by atoms with E-state index < -0.39 is 29.1 Å². The van der Waals surface area contributed by atoms with Crippen LogP contribution < -0.4 is 0 Å². The van der Waals surface area contributed by atoms with Gasteiger partial charge in [-0.2, -0.15) is 8.78 Å². The molecule has 1 unspecified atom stereocenters. The van der Waals surface area contributed by atoms with E-state index in [1.165, 1.54) is 4.40 Å². The van der Waals surface area contributed by atoms with Gasteiger partial charge in [-0.15, -0.1) is 0 Å². The van der Waals surface area contributed by atoms with Crippen LogP contribution in [0, 0.1) is 6.92 Å². The fourth-order valence-corrected chi connectivity index (χ4v) is 3.73. The van der Waals surface area contributed by atoms with E-state index in [-0.39, 0.29) is 0 Å². The summed E-state index contributed by atoms with van der Waals surface area (Å²) in [4.78, 5) is 4.53. The van der Waals surface area contributed by atoms with Gasteiger partial charge in [0.1, 0.15) is 11.3 Å². The van der Waals surface area contributed by atoms with Gasteiger partial charge in [-0.05, 0) is 30.7 Å². The standard InChI is InChI=1S/C18H17F3N2OS/c1-3-25(24)15-7-5-4-6-14(15)13-8-9-17-22-16(18(20,21)11-19)10-23(17)12(13)2/h4-10H,3,11H2,1-2H3. The van der Waals surface area contributed by atoms with E-state index >= 15 is 0 Å². The van der Waals surface area contributed by atoms with Crippen LogP contribution in [0.2, 0.25) is 0 Å². The van der Waals surface area contributed by atoms with E-state index in [0.29, 0.717) is 22.0 Å². The zero-order valence-corrected chi connectivity index (χ0v) is 14.6. The number of fused-ring (bicyclic) bond motifs is 1. The molecular formula is C18H17F3N2OS. The predicted octanol–water partition coefficient (Wildman–Crippen LogP) is 4.50. The number of imidazole rings is 1. The highest BCUT2D eigenvalue weighted by Crippen LogP contribution is 2.32. The lowest BCUT2D eigenvalue weighted by molar-refractivity contribution is -0.0317. The number of hydrogen-bond donors (Lipinski definition) is 0. The number of rotatable bonds is 5. The molecule has 0 saturated carbocycles. The maximum absolute atomic E-state index is 13.6. The first-order valence-electron chi connectivity index (χ1n) is 7.79. The van der Waals surface area contributed by atoms with Crippen molar-refractivity contribution in [1.29, 1.82) is 0 Å². The minimum absolute atomic E-state index is 0.318. The van der Waals surface area contributed by atoms with Crippen molar-refractivity contribution < 1.29 is 17.4 Å². The van der Waals surface area contributed by atoms with Crippen molar-refractivity contribution in [3.05, 3.63) is 54.0 Å². The van der Waals surface area contributed by atoms with E-state index in [1.807, 2.05) is 25.1 Å². The van der Waals surface area contributed by atoms with Crippen LogP contribution in [-0.2, 0) is 16.7 Å². The van der Waals surface area contributed by atoms with E-state index in [0.717, 1.165) is 17.3 Å². The summed E-state index contributed by atoms with van der Waals surface area (Å²) < 4.78 is 53.6. The molecule has 0 aliphatic carbocycles. The van der Waals surface area contributed by atoms with Gasteiger partial charge in [0, 0.05) is 28.1 Å². The van der Waals surface area contributed by atoms with Crippen LogP contribution >= 0.6 is 0 Å². The van der Waals surface area contributed by atoms with Gasteiger partial charge < -0.3 is 4.40 Å². The Morgan fingerprint density at radius 3 is 2.56 bits per heavy atom. The van der Waals surface area contributed by atoms with Gasteiger partial charge in [0.15, 0.2) is 6.67 Å². The molecule has 0 N–H and O–H groups in total. The van der Waals surface area contributed by atoms with Crippen LogP contribution in [0.15, 0.2) is 47.5 Å². The molecule has 0 bridgehead atoms. The number of benzene rings is 1. The number of alkyl halides is 3. The maximum Gasteiger partial charge on any atom is 0.318 e. The van der Waals surface area contributed by atoms with Gasteiger partial charge in [0.25, 0.3) is 0 Å². The predicted molar refractivity (Wildman–Crippen MR) is 92.2 cm³/mol. The van der Waals surface area contributed by atoms with Crippen molar-refractivity contribution in [1.82, 2.24) is 9.38 Å². The number of aryl methyl sites for hydroxylation is 1. The first-order valence-corrected chi connectivity index (χ1v) is 9.11. The van der Waals surface area contributed by atoms with Crippen molar-refractivity contribution in [2.75, 3.05) is 12.4 Å². The van der Waals surface area contributed by atoms with Crippen LogP contribution in [0.5, 0.6) is 0 Å². The van der Waals surface area contributed by atoms with Crippen molar-refractivity contribution in [2.24, 2.45) is 0 Å². The quantitative estimate of drug-likeness (QED) is 0.666. The summed E-state index contributed by atoms with van der Waals surface area (Å²) in [6, 6.07) is 10.7. The molecule has 3 aromatic rings. The van der Waals surface area contributed by atoms with E-state index in [1.54, 1.807) is 25.1 Å². The highest BCUT2D eigenvalue weighted by Gasteiger charge is 2.35. The van der Waals surface area contributed by atoms with Gasteiger partial charge in [-0.3, -0.25) is 4.21 Å². The van der Waals surface area contributed by atoms with E-state index in [9.17, 15) is 17.4 Å². The Hall–Kier alpha value is -2.15. The topological polar surface area (TPSA) is 34.4 Å². The minimum atomic E-state index is -3.61. The molecule has 25 heavy (non-hydrogen) atoms. The van der Waals surface area contributed by atoms with Gasteiger partial charge >= 0.3 is 5.92 Å². The molecular weight excluding hydrogens is 349 g/mol. The zero-order chi connectivity index (χ0) is 18.2. The second kappa shape index (κ2) is 6.63. The lowest BCUT2D eigenvalue weighted by atomic mass is 10.0. The Morgan fingerprint density at radius 2 is 1.88 bits per heavy atom. The first-order chi connectivity index (χ1) is 11.9. The highest BCUT2D eigenvalue weighted by atomic mass is 32.2. The van der Waals surface area contributed by atoms with Crippen LogP contribution in [0.1, 0.15) is 18.3 Å². The fourth-order valence-electron chi connectivity index (χ4n) is 2.76. The van der Waals surface area contributed by atoms with Crippen LogP contribution in [0.4, 0.5) is 13.2 Å². The average Bonchev–Trinajstić information content (AvgIpc) is 3.07. The Morgan fingerprint density at radius 1 is 1.16 bits per heavy atom. The van der Waals surface area contributed by atoms with Crippen molar-refractivity contribution >= 4 is 16.4 Å². The third-order valence-corrected chi connectivity index (χ3v) is 5.48. The minimum Gasteiger partial charge on any atom is -0.303 e. The molecule has 0 radical (unpaired) electrons. The molecule has 0 spiro atoms. The van der Waals surface area contributed by atoms with Crippen LogP contribution in [0.25, 0.3) is 16.8 Å². The Kier molecular flexibility index (Phi) is 4.69. The van der Waals surface area contributed by atoms with Crippen molar-refractivity contribution in [3.63, 3.8) is 0 Å². The van der Waals surface area contributed by atoms with Gasteiger partial charge in [0.05, 0.1) is 10.8 Å². The summed E-state index contributed by atoms with van der Waals surface area (Å²) in [5.41, 5.74) is 1.96. The summed E-state index contributed by atoms with van der Waals surface area (Å²) in [5, 5.41) is 0. The van der Waals surface area contributed by atoms with Crippen LogP contribution in [0.3, 0.4) is 0 Å². The van der Waals surface area contributed by atoms with Gasteiger partial charge in [-0.1, -0.05) is 25.1 Å². The largest absolute Gasteiger partial charge is 0.318 e. The van der Waals surface area contributed by atoms with Gasteiger partial charge in [-0.25, -0.2) is 9.37 Å². The zero-order valence-electron chi connectivity index (χ0n) is 13.8. The third kappa shape index (κ3) is 3.08. The first kappa shape index (κ1) is 17.7.